The molecular weight excluding hydrogens is 252 g/mol. The largest absolute Gasteiger partial charge is 0.326 e. The Morgan fingerprint density at radius 1 is 0.900 bits per heavy atom. The van der Waals surface area contributed by atoms with Gasteiger partial charge in [0, 0.05) is 17.3 Å². The van der Waals surface area contributed by atoms with E-state index in [-0.39, 0.29) is 12.0 Å². The lowest BCUT2D eigenvalue weighted by molar-refractivity contribution is 0.262. The van der Waals surface area contributed by atoms with Crippen LogP contribution in [0.5, 0.6) is 0 Å². The second kappa shape index (κ2) is 5.36. The summed E-state index contributed by atoms with van der Waals surface area (Å²) in [5.41, 5.74) is 1.50. The van der Waals surface area contributed by atoms with Crippen LogP contribution < -0.4 is 10.6 Å². The van der Waals surface area contributed by atoms with Crippen molar-refractivity contribution in [3.63, 3.8) is 0 Å². The number of aromatic nitrogens is 2. The van der Waals surface area contributed by atoms with Gasteiger partial charge < -0.3 is 5.32 Å². The van der Waals surface area contributed by atoms with Crippen molar-refractivity contribution in [2.24, 2.45) is 0 Å². The summed E-state index contributed by atoms with van der Waals surface area (Å²) < 4.78 is 0. The Balaban J connectivity index is 1.74. The Hall–Kier alpha value is -2.95. The predicted molar refractivity (Wildman–Crippen MR) is 78.6 cm³/mol. The molecule has 0 radical (unpaired) electrons. The molecule has 5 nitrogen and oxygen atoms in total. The quantitative estimate of drug-likeness (QED) is 0.746. The smallest absolute Gasteiger partial charge is 0.308 e. The van der Waals surface area contributed by atoms with Gasteiger partial charge in [-0.2, -0.15) is 0 Å². The van der Waals surface area contributed by atoms with E-state index in [1.54, 1.807) is 18.3 Å². The molecule has 0 aliphatic rings. The number of carbonyl (C=O) groups excluding carboxylic acids is 1. The zero-order valence-corrected chi connectivity index (χ0v) is 10.6. The summed E-state index contributed by atoms with van der Waals surface area (Å²) in [5.74, 6) is 0.275. The van der Waals surface area contributed by atoms with E-state index in [4.69, 9.17) is 0 Å². The maximum Gasteiger partial charge on any atom is 0.326 e. The average molecular weight is 264 g/mol. The minimum absolute atomic E-state index is 0.275. The third-order valence-electron chi connectivity index (χ3n) is 2.75. The Kier molecular flexibility index (Phi) is 3.24. The Bertz CT molecular complexity index is 743. The predicted octanol–water partition coefficient (Wildman–Crippen LogP) is 3.27. The van der Waals surface area contributed by atoms with Crippen LogP contribution in [0.2, 0.25) is 0 Å². The van der Waals surface area contributed by atoms with Crippen LogP contribution in [0.25, 0.3) is 10.9 Å². The third-order valence-corrected chi connectivity index (χ3v) is 2.75. The van der Waals surface area contributed by atoms with E-state index in [1.807, 2.05) is 42.5 Å². The Morgan fingerprint density at radius 3 is 2.50 bits per heavy atom. The van der Waals surface area contributed by atoms with E-state index in [2.05, 4.69) is 20.6 Å². The number of hydrogen-bond acceptors (Lipinski definition) is 3. The lowest BCUT2D eigenvalue weighted by Gasteiger charge is -2.06. The Morgan fingerprint density at radius 2 is 1.65 bits per heavy atom. The molecule has 0 aliphatic carbocycles. The highest BCUT2D eigenvalue weighted by molar-refractivity contribution is 5.99. The fraction of sp³-hybridized carbons (Fsp3) is 0. The topological polar surface area (TPSA) is 66.9 Å². The van der Waals surface area contributed by atoms with Crippen LogP contribution in [0.15, 0.2) is 60.8 Å². The summed E-state index contributed by atoms with van der Waals surface area (Å²) in [4.78, 5) is 20.2. The lowest BCUT2D eigenvalue weighted by Crippen LogP contribution is -2.20. The summed E-state index contributed by atoms with van der Waals surface area (Å²) >= 11 is 0. The molecule has 2 amide bonds. The molecule has 0 aliphatic heterocycles. The second-order valence-electron chi connectivity index (χ2n) is 4.20. The van der Waals surface area contributed by atoms with Crippen molar-refractivity contribution in [3.8, 4) is 0 Å². The molecule has 0 bridgehead atoms. The second-order valence-corrected chi connectivity index (χ2v) is 4.20. The number of fused-ring (bicyclic) bond motifs is 1. The molecule has 5 heteroatoms. The molecule has 3 aromatic rings. The summed E-state index contributed by atoms with van der Waals surface area (Å²) in [6.07, 6.45) is 1.68. The van der Waals surface area contributed by atoms with Crippen LogP contribution in [0.4, 0.5) is 16.4 Å². The van der Waals surface area contributed by atoms with Crippen molar-refractivity contribution >= 4 is 28.6 Å². The molecule has 1 aromatic heterocycles. The van der Waals surface area contributed by atoms with Crippen molar-refractivity contribution < 1.29 is 4.79 Å². The number of nitrogens with one attached hydrogen (secondary N) is 2. The van der Waals surface area contributed by atoms with Crippen molar-refractivity contribution in [3.05, 3.63) is 60.8 Å². The molecule has 0 spiro atoms. The van der Waals surface area contributed by atoms with Crippen LogP contribution in [0.1, 0.15) is 0 Å². The Labute approximate surface area is 115 Å². The number of rotatable bonds is 2. The molecule has 98 valence electrons. The number of para-hydroxylation sites is 2. The number of urea groups is 1. The zero-order chi connectivity index (χ0) is 13.8. The minimum Gasteiger partial charge on any atom is -0.308 e. The molecule has 3 rings (SSSR count). The van der Waals surface area contributed by atoms with Gasteiger partial charge in [0.15, 0.2) is 0 Å². The first-order valence-electron chi connectivity index (χ1n) is 6.16. The van der Waals surface area contributed by atoms with E-state index in [9.17, 15) is 4.79 Å². The molecule has 2 aromatic carbocycles. The molecule has 0 unspecified atom stereocenters. The van der Waals surface area contributed by atoms with Gasteiger partial charge in [-0.3, -0.25) is 5.32 Å². The fourth-order valence-corrected chi connectivity index (χ4v) is 1.82. The molecule has 1 heterocycles. The summed E-state index contributed by atoms with van der Waals surface area (Å²) in [5, 5.41) is 6.25. The van der Waals surface area contributed by atoms with Crippen molar-refractivity contribution in [1.82, 2.24) is 9.97 Å². The van der Waals surface area contributed by atoms with Gasteiger partial charge in [-0.25, -0.2) is 14.8 Å². The summed E-state index contributed by atoms with van der Waals surface area (Å²) in [7, 11) is 0. The monoisotopic (exact) mass is 264 g/mol. The molecular formula is C15H12N4O. The van der Waals surface area contributed by atoms with Crippen molar-refractivity contribution in [2.45, 2.75) is 0 Å². The average Bonchev–Trinajstić information content (AvgIpc) is 2.48. The number of carbonyl (C=O) groups is 1. The SMILES string of the molecule is O=C(Nc1ccccc1)Nc1ncc2ccccc2n1. The number of hydrogen-bond donors (Lipinski definition) is 2. The third kappa shape index (κ3) is 2.72. The van der Waals surface area contributed by atoms with Crippen molar-refractivity contribution in [2.75, 3.05) is 10.6 Å². The van der Waals surface area contributed by atoms with Gasteiger partial charge in [0.2, 0.25) is 5.95 Å². The van der Waals surface area contributed by atoms with Gasteiger partial charge >= 0.3 is 6.03 Å². The van der Waals surface area contributed by atoms with Crippen LogP contribution >= 0.6 is 0 Å². The maximum atomic E-state index is 11.8. The van der Waals surface area contributed by atoms with Gasteiger partial charge in [-0.15, -0.1) is 0 Å². The van der Waals surface area contributed by atoms with Crippen LogP contribution in [0.3, 0.4) is 0 Å². The zero-order valence-electron chi connectivity index (χ0n) is 10.6. The molecule has 20 heavy (non-hydrogen) atoms. The highest BCUT2D eigenvalue weighted by atomic mass is 16.2. The first-order chi connectivity index (χ1) is 9.81. The standard InChI is InChI=1S/C15H12N4O/c20-15(17-12-7-2-1-3-8-12)19-14-16-10-11-6-4-5-9-13(11)18-14/h1-10H,(H2,16,17,18,19,20). The molecule has 0 atom stereocenters. The van der Waals surface area contributed by atoms with Gasteiger partial charge in [0.25, 0.3) is 0 Å². The number of amides is 2. The lowest BCUT2D eigenvalue weighted by atomic mass is 10.2. The van der Waals surface area contributed by atoms with E-state index >= 15 is 0 Å². The number of nitrogens with zero attached hydrogens (tertiary/aromatic N) is 2. The van der Waals surface area contributed by atoms with E-state index < -0.39 is 0 Å². The number of benzene rings is 2. The van der Waals surface area contributed by atoms with Gasteiger partial charge in [0.05, 0.1) is 5.52 Å². The van der Waals surface area contributed by atoms with Gasteiger partial charge in [-0.05, 0) is 18.2 Å². The van der Waals surface area contributed by atoms with E-state index in [0.717, 1.165) is 10.9 Å². The minimum atomic E-state index is -0.369. The molecule has 0 saturated carbocycles. The van der Waals surface area contributed by atoms with E-state index in [0.29, 0.717) is 5.69 Å². The normalized spacial score (nSPS) is 10.2. The van der Waals surface area contributed by atoms with E-state index in [1.165, 1.54) is 0 Å². The maximum absolute atomic E-state index is 11.8. The van der Waals surface area contributed by atoms with Crippen LogP contribution in [-0.4, -0.2) is 16.0 Å². The summed E-state index contributed by atoms with van der Waals surface area (Å²) in [6.45, 7) is 0. The van der Waals surface area contributed by atoms with Crippen LogP contribution in [0, 0.1) is 0 Å². The fourth-order valence-electron chi connectivity index (χ4n) is 1.82. The summed E-state index contributed by atoms with van der Waals surface area (Å²) in [6, 6.07) is 16.4. The first kappa shape index (κ1) is 12.1. The van der Waals surface area contributed by atoms with Gasteiger partial charge in [-0.1, -0.05) is 36.4 Å². The molecule has 0 saturated heterocycles. The van der Waals surface area contributed by atoms with Crippen molar-refractivity contribution in [1.29, 1.82) is 0 Å². The highest BCUT2D eigenvalue weighted by Gasteiger charge is 2.05. The van der Waals surface area contributed by atoms with Crippen LogP contribution in [-0.2, 0) is 0 Å². The molecule has 0 fully saturated rings. The highest BCUT2D eigenvalue weighted by Crippen LogP contribution is 2.12. The number of anilines is 2. The first-order valence-corrected chi connectivity index (χ1v) is 6.16. The van der Waals surface area contributed by atoms with Gasteiger partial charge in [0.1, 0.15) is 0 Å². The molecule has 2 N–H and O–H groups in total.